The van der Waals surface area contributed by atoms with Crippen molar-refractivity contribution in [3.8, 4) is 11.3 Å². The molecule has 0 saturated carbocycles. The van der Waals surface area contributed by atoms with E-state index in [9.17, 15) is 23.9 Å². The quantitative estimate of drug-likeness (QED) is 0.684. The number of aliphatic carboxylic acids is 1. The maximum atomic E-state index is 14.4. The first-order chi connectivity index (χ1) is 14.0. The van der Waals surface area contributed by atoms with Gasteiger partial charge in [-0.15, -0.1) is 11.8 Å². The van der Waals surface area contributed by atoms with Gasteiger partial charge in [-0.2, -0.15) is 0 Å². The Bertz CT molecular complexity index is 1070. The number of thioether (sulfide) groups is 1. The molecule has 0 radical (unpaired) electrons. The number of aryl methyl sites for hydroxylation is 1. The molecule has 1 aromatic heterocycles. The minimum Gasteiger partial charge on any atom is -0.480 e. The van der Waals surface area contributed by atoms with E-state index in [2.05, 4.69) is 10.5 Å². The first kappa shape index (κ1) is 20.7. The lowest BCUT2D eigenvalue weighted by molar-refractivity contribution is -0.159. The molecule has 0 bridgehead atoms. The molecule has 0 aliphatic carbocycles. The molecule has 3 atom stereocenters. The van der Waals surface area contributed by atoms with Crippen molar-refractivity contribution in [2.24, 2.45) is 0 Å². The van der Waals surface area contributed by atoms with Crippen molar-refractivity contribution in [1.29, 1.82) is 0 Å². The van der Waals surface area contributed by atoms with Crippen LogP contribution in [0.4, 0.5) is 4.39 Å². The van der Waals surface area contributed by atoms with Crippen LogP contribution in [0.15, 0.2) is 22.7 Å². The molecule has 2 amide bonds. The molecule has 2 N–H and O–H groups in total. The number of fused-ring (bicyclic) bond motifs is 1. The van der Waals surface area contributed by atoms with E-state index in [1.54, 1.807) is 13.8 Å². The molecular formula is C19H17ClFN3O5S. The summed E-state index contributed by atoms with van der Waals surface area (Å²) in [6.07, 6.45) is 0. The third kappa shape index (κ3) is 2.97. The van der Waals surface area contributed by atoms with Crippen LogP contribution in [0.5, 0.6) is 0 Å². The molecule has 2 aromatic rings. The molecule has 8 nitrogen and oxygen atoms in total. The van der Waals surface area contributed by atoms with E-state index in [0.717, 1.165) is 0 Å². The van der Waals surface area contributed by atoms with Crippen molar-refractivity contribution in [1.82, 2.24) is 15.4 Å². The maximum Gasteiger partial charge on any atom is 0.327 e. The van der Waals surface area contributed by atoms with E-state index in [1.807, 2.05) is 0 Å². The van der Waals surface area contributed by atoms with Crippen LogP contribution in [0.1, 0.15) is 30.0 Å². The second-order valence-corrected chi connectivity index (χ2v) is 9.79. The fourth-order valence-electron chi connectivity index (χ4n) is 3.89. The summed E-state index contributed by atoms with van der Waals surface area (Å²) in [4.78, 5) is 38.5. The van der Waals surface area contributed by atoms with E-state index >= 15 is 0 Å². The van der Waals surface area contributed by atoms with Gasteiger partial charge in [0.15, 0.2) is 0 Å². The smallest absolute Gasteiger partial charge is 0.327 e. The number of carboxylic acid groups (broad SMARTS) is 1. The minimum atomic E-state index is -1.10. The Labute approximate surface area is 179 Å². The topological polar surface area (TPSA) is 113 Å². The van der Waals surface area contributed by atoms with Crippen molar-refractivity contribution < 1.29 is 28.4 Å². The van der Waals surface area contributed by atoms with E-state index in [1.165, 1.54) is 41.8 Å². The molecular weight excluding hydrogens is 437 g/mol. The highest BCUT2D eigenvalue weighted by molar-refractivity contribution is 8.01. The standard InChI is InChI=1S/C19H17ClFN3O5S/c1-7-10(12(23-29-7)11-8(20)5-4-6-9(11)21)15(25)22-13-16(26)24-14(18(27)28)19(2,3)30-17(13)24/h4-6,13-14,17H,1-3H3,(H,22,25)(H,27,28)/t13-,14+,17-/m0/s1. The number of halogens is 2. The third-order valence-electron chi connectivity index (χ3n) is 5.25. The van der Waals surface area contributed by atoms with Crippen LogP contribution in [0.3, 0.4) is 0 Å². The summed E-state index contributed by atoms with van der Waals surface area (Å²) in [5, 5.41) is 15.4. The van der Waals surface area contributed by atoms with Gasteiger partial charge in [-0.05, 0) is 32.9 Å². The molecule has 2 aliphatic heterocycles. The summed E-state index contributed by atoms with van der Waals surface area (Å²) >= 11 is 7.40. The lowest BCUT2D eigenvalue weighted by Gasteiger charge is -2.43. The Kier molecular flexibility index (Phi) is 4.81. The average Bonchev–Trinajstić information content (AvgIpc) is 3.14. The largest absolute Gasteiger partial charge is 0.480 e. The first-order valence-corrected chi connectivity index (χ1v) is 10.2. The van der Waals surface area contributed by atoms with Crippen LogP contribution in [-0.4, -0.2) is 55.2 Å². The number of nitrogens with zero attached hydrogens (tertiary/aromatic N) is 2. The molecule has 11 heteroatoms. The second kappa shape index (κ2) is 6.98. The molecule has 2 saturated heterocycles. The van der Waals surface area contributed by atoms with Gasteiger partial charge in [-0.25, -0.2) is 9.18 Å². The number of hydrogen-bond acceptors (Lipinski definition) is 6. The first-order valence-electron chi connectivity index (χ1n) is 8.99. The number of nitrogens with one attached hydrogen (secondary N) is 1. The summed E-state index contributed by atoms with van der Waals surface area (Å²) < 4.78 is 18.7. The molecule has 4 rings (SSSR count). The van der Waals surface area contributed by atoms with Gasteiger partial charge in [0.1, 0.15) is 40.3 Å². The summed E-state index contributed by atoms with van der Waals surface area (Å²) in [5.74, 6) is -2.81. The zero-order valence-corrected chi connectivity index (χ0v) is 17.7. The van der Waals surface area contributed by atoms with Gasteiger partial charge in [-0.3, -0.25) is 9.59 Å². The SMILES string of the molecule is Cc1onc(-c2c(F)cccc2Cl)c1C(=O)N[C@H]1C(=O)N2[C@H]1SC(C)(C)[C@H]2C(=O)O. The van der Waals surface area contributed by atoms with Crippen molar-refractivity contribution in [2.45, 2.75) is 43.0 Å². The number of benzene rings is 1. The number of amides is 2. The molecule has 0 unspecified atom stereocenters. The third-order valence-corrected chi connectivity index (χ3v) is 7.14. The van der Waals surface area contributed by atoms with Crippen molar-refractivity contribution in [3.05, 3.63) is 40.4 Å². The highest BCUT2D eigenvalue weighted by atomic mass is 35.5. The zero-order chi connectivity index (χ0) is 22.0. The molecule has 2 aliphatic rings. The van der Waals surface area contributed by atoms with E-state index in [4.69, 9.17) is 16.1 Å². The monoisotopic (exact) mass is 453 g/mol. The predicted octanol–water partition coefficient (Wildman–Crippen LogP) is 2.69. The van der Waals surface area contributed by atoms with Gasteiger partial charge in [0.25, 0.3) is 5.91 Å². The van der Waals surface area contributed by atoms with E-state index < -0.39 is 45.8 Å². The lowest BCUT2D eigenvalue weighted by atomic mass is 9.95. The highest BCUT2D eigenvalue weighted by Gasteiger charge is 2.64. The number of rotatable bonds is 4. The van der Waals surface area contributed by atoms with Gasteiger partial charge in [-0.1, -0.05) is 22.8 Å². The Hall–Kier alpha value is -2.59. The fraction of sp³-hybridized carbons (Fsp3) is 0.368. The highest BCUT2D eigenvalue weighted by Crippen LogP contribution is 2.50. The Morgan fingerprint density at radius 2 is 2.10 bits per heavy atom. The molecule has 30 heavy (non-hydrogen) atoms. The lowest BCUT2D eigenvalue weighted by Crippen LogP contribution is -2.70. The molecule has 2 fully saturated rings. The molecule has 3 heterocycles. The number of carbonyl (C=O) groups excluding carboxylic acids is 2. The summed E-state index contributed by atoms with van der Waals surface area (Å²) in [7, 11) is 0. The van der Waals surface area contributed by atoms with Crippen LogP contribution in [0.25, 0.3) is 11.3 Å². The fourth-order valence-corrected chi connectivity index (χ4v) is 5.77. The van der Waals surface area contributed by atoms with Gasteiger partial charge in [0.2, 0.25) is 5.91 Å². The van der Waals surface area contributed by atoms with Gasteiger partial charge >= 0.3 is 5.97 Å². The Balaban J connectivity index is 1.62. The minimum absolute atomic E-state index is 0.0368. The van der Waals surface area contributed by atoms with E-state index in [0.29, 0.717) is 0 Å². The number of aromatic nitrogens is 1. The van der Waals surface area contributed by atoms with Gasteiger partial charge in [0.05, 0.1) is 10.6 Å². The number of β-lactam (4-membered cyclic amide) rings is 1. The Morgan fingerprint density at radius 3 is 2.73 bits per heavy atom. The zero-order valence-electron chi connectivity index (χ0n) is 16.1. The van der Waals surface area contributed by atoms with Crippen LogP contribution < -0.4 is 5.32 Å². The van der Waals surface area contributed by atoms with Crippen molar-refractivity contribution in [2.75, 3.05) is 0 Å². The number of carboxylic acids is 1. The molecule has 0 spiro atoms. The predicted molar refractivity (Wildman–Crippen MR) is 107 cm³/mol. The van der Waals surface area contributed by atoms with Crippen molar-refractivity contribution >= 4 is 41.1 Å². The van der Waals surface area contributed by atoms with E-state index in [-0.39, 0.29) is 27.6 Å². The molecule has 158 valence electrons. The summed E-state index contributed by atoms with van der Waals surface area (Å²) in [5.41, 5.74) is -0.185. The van der Waals surface area contributed by atoms with Crippen LogP contribution in [0, 0.1) is 12.7 Å². The van der Waals surface area contributed by atoms with Crippen molar-refractivity contribution in [3.63, 3.8) is 0 Å². The van der Waals surface area contributed by atoms with Crippen LogP contribution in [0.2, 0.25) is 5.02 Å². The normalized spacial score (nSPS) is 24.4. The maximum absolute atomic E-state index is 14.4. The van der Waals surface area contributed by atoms with Gasteiger partial charge in [0, 0.05) is 4.75 Å². The van der Waals surface area contributed by atoms with Crippen LogP contribution in [-0.2, 0) is 9.59 Å². The summed E-state index contributed by atoms with van der Waals surface area (Å²) in [6.45, 7) is 4.97. The van der Waals surface area contributed by atoms with Gasteiger partial charge < -0.3 is 19.8 Å². The number of carbonyl (C=O) groups is 3. The summed E-state index contributed by atoms with van der Waals surface area (Å²) in [6, 6.07) is 2.17. The Morgan fingerprint density at radius 1 is 1.40 bits per heavy atom. The molecule has 1 aromatic carbocycles. The number of hydrogen-bond donors (Lipinski definition) is 2. The van der Waals surface area contributed by atoms with Crippen LogP contribution >= 0.6 is 23.4 Å². The second-order valence-electron chi connectivity index (χ2n) is 7.61. The average molecular weight is 454 g/mol.